The van der Waals surface area contributed by atoms with Gasteiger partial charge >= 0.3 is 0 Å². The summed E-state index contributed by atoms with van der Waals surface area (Å²) >= 11 is 1.46. The van der Waals surface area contributed by atoms with Crippen molar-refractivity contribution in [1.82, 2.24) is 14.8 Å². The monoisotopic (exact) mass is 378 g/mol. The zero-order valence-electron chi connectivity index (χ0n) is 15.7. The molecule has 0 aliphatic rings. The average molecular weight is 379 g/mol. The molecule has 0 fully saturated rings. The van der Waals surface area contributed by atoms with E-state index in [1.807, 2.05) is 35.8 Å². The fraction of sp³-hybridized carbons (Fsp3) is 0.286. The van der Waals surface area contributed by atoms with Crippen LogP contribution in [0.4, 0.5) is 0 Å². The molecule has 3 aromatic rings. The minimum atomic E-state index is -0.229. The van der Waals surface area contributed by atoms with Gasteiger partial charge in [-0.05, 0) is 38.0 Å². The number of hydrogen-bond acceptors (Lipinski definition) is 5. The first-order valence-electron chi connectivity index (χ1n) is 8.84. The van der Waals surface area contributed by atoms with Crippen LogP contribution in [0.3, 0.4) is 0 Å². The molecule has 0 saturated heterocycles. The van der Waals surface area contributed by atoms with E-state index in [0.29, 0.717) is 13.0 Å². The van der Waals surface area contributed by atoms with Crippen molar-refractivity contribution in [1.29, 1.82) is 5.26 Å². The molecule has 0 spiro atoms. The number of para-hydroxylation sites is 1. The van der Waals surface area contributed by atoms with Crippen molar-refractivity contribution in [3.8, 4) is 23.2 Å². The largest absolute Gasteiger partial charge is 0.496 e. The molecule has 1 atom stereocenters. The molecule has 3 rings (SSSR count). The normalized spacial score (nSPS) is 11.8. The highest BCUT2D eigenvalue weighted by molar-refractivity contribution is 8.00. The number of aromatic nitrogens is 3. The lowest BCUT2D eigenvalue weighted by Crippen LogP contribution is -2.07. The Bertz CT molecular complexity index is 944. The number of nitrogens with zero attached hydrogens (tertiary/aromatic N) is 4. The summed E-state index contributed by atoms with van der Waals surface area (Å²) in [5.41, 5.74) is 3.26. The van der Waals surface area contributed by atoms with Gasteiger partial charge in [-0.1, -0.05) is 53.7 Å². The molecule has 6 heteroatoms. The summed E-state index contributed by atoms with van der Waals surface area (Å²) in [6.07, 6.45) is 0.669. The van der Waals surface area contributed by atoms with Gasteiger partial charge in [0.05, 0.1) is 18.7 Å². The maximum absolute atomic E-state index is 9.62. The lowest BCUT2D eigenvalue weighted by molar-refractivity contribution is 0.416. The van der Waals surface area contributed by atoms with E-state index >= 15 is 0 Å². The molecule has 0 saturated carbocycles. The zero-order valence-corrected chi connectivity index (χ0v) is 16.5. The fourth-order valence-corrected chi connectivity index (χ4v) is 3.88. The van der Waals surface area contributed by atoms with Crippen LogP contribution in [-0.4, -0.2) is 27.1 Å². The van der Waals surface area contributed by atoms with Crippen LogP contribution in [0.2, 0.25) is 0 Å². The number of thioether (sulfide) groups is 1. The first-order chi connectivity index (χ1) is 13.2. The van der Waals surface area contributed by atoms with Crippen LogP contribution in [0.25, 0.3) is 11.4 Å². The number of hydrogen-bond donors (Lipinski definition) is 0. The van der Waals surface area contributed by atoms with Crippen LogP contribution in [0.15, 0.2) is 53.7 Å². The number of benzene rings is 2. The van der Waals surface area contributed by atoms with E-state index in [1.165, 1.54) is 17.3 Å². The number of nitriles is 1. The quantitative estimate of drug-likeness (QED) is 0.566. The lowest BCUT2D eigenvalue weighted by atomic mass is 10.1. The van der Waals surface area contributed by atoms with Crippen molar-refractivity contribution in [2.45, 2.75) is 37.2 Å². The zero-order chi connectivity index (χ0) is 19.2. The summed E-state index contributed by atoms with van der Waals surface area (Å²) in [7, 11) is 1.65. The van der Waals surface area contributed by atoms with E-state index in [1.54, 1.807) is 7.11 Å². The highest BCUT2D eigenvalue weighted by Crippen LogP contribution is 2.32. The van der Waals surface area contributed by atoms with Gasteiger partial charge in [-0.15, -0.1) is 10.2 Å². The van der Waals surface area contributed by atoms with Crippen LogP contribution >= 0.6 is 11.8 Å². The Morgan fingerprint density at radius 3 is 2.56 bits per heavy atom. The van der Waals surface area contributed by atoms with Gasteiger partial charge in [-0.2, -0.15) is 5.26 Å². The van der Waals surface area contributed by atoms with Crippen LogP contribution in [-0.2, 0) is 13.0 Å². The summed E-state index contributed by atoms with van der Waals surface area (Å²) in [5, 5.41) is 18.9. The Hall–Kier alpha value is -2.78. The lowest BCUT2D eigenvalue weighted by Gasteiger charge is -2.12. The molecule has 5 nitrogen and oxygen atoms in total. The van der Waals surface area contributed by atoms with E-state index in [9.17, 15) is 5.26 Å². The molecule has 0 aliphatic heterocycles. The molecule has 0 N–H and O–H groups in total. The molecule has 2 aromatic carbocycles. The molecule has 0 aliphatic carbocycles. The predicted molar refractivity (Wildman–Crippen MR) is 108 cm³/mol. The van der Waals surface area contributed by atoms with Crippen LogP contribution < -0.4 is 4.74 Å². The van der Waals surface area contributed by atoms with E-state index in [4.69, 9.17) is 4.74 Å². The predicted octanol–water partition coefficient (Wildman–Crippen LogP) is 4.51. The van der Waals surface area contributed by atoms with Crippen LogP contribution in [0.1, 0.15) is 18.1 Å². The first-order valence-corrected chi connectivity index (χ1v) is 9.72. The van der Waals surface area contributed by atoms with Gasteiger partial charge in [-0.3, -0.25) is 0 Å². The van der Waals surface area contributed by atoms with Gasteiger partial charge in [0, 0.05) is 6.54 Å². The number of ether oxygens (including phenoxy) is 1. The minimum Gasteiger partial charge on any atom is -0.496 e. The van der Waals surface area contributed by atoms with Crippen LogP contribution in [0.5, 0.6) is 5.75 Å². The average Bonchev–Trinajstić information content (AvgIpc) is 3.11. The SMILES string of the molecule is CCn1c(SC(C#N)Cc2ccc(C)cc2)nnc1-c1ccccc1OC. The maximum atomic E-state index is 9.62. The summed E-state index contributed by atoms with van der Waals surface area (Å²) in [6.45, 7) is 4.82. The molecular formula is C21H22N4OS. The minimum absolute atomic E-state index is 0.229. The summed E-state index contributed by atoms with van der Waals surface area (Å²) in [6, 6.07) is 18.4. The van der Waals surface area contributed by atoms with Crippen molar-refractivity contribution in [2.75, 3.05) is 7.11 Å². The molecule has 138 valence electrons. The van der Waals surface area contributed by atoms with Crippen molar-refractivity contribution >= 4 is 11.8 Å². The standard InChI is InChI=1S/C21H22N4OS/c1-4-25-20(18-7-5-6-8-19(18)26-3)23-24-21(25)27-17(14-22)13-16-11-9-15(2)10-12-16/h5-12,17H,4,13H2,1-3H3. The number of methoxy groups -OCH3 is 1. The fourth-order valence-electron chi connectivity index (χ4n) is 2.87. The first kappa shape index (κ1) is 19.0. The van der Waals surface area contributed by atoms with Gasteiger partial charge in [0.1, 0.15) is 11.0 Å². The second kappa shape index (κ2) is 8.74. The Morgan fingerprint density at radius 1 is 1.15 bits per heavy atom. The van der Waals surface area contributed by atoms with Crippen molar-refractivity contribution in [3.05, 3.63) is 59.7 Å². The van der Waals surface area contributed by atoms with E-state index < -0.39 is 0 Å². The van der Waals surface area contributed by atoms with E-state index in [0.717, 1.165) is 27.9 Å². The third-order valence-electron chi connectivity index (χ3n) is 4.31. The van der Waals surface area contributed by atoms with E-state index in [-0.39, 0.29) is 5.25 Å². The second-order valence-electron chi connectivity index (χ2n) is 6.18. The topological polar surface area (TPSA) is 63.7 Å². The van der Waals surface area contributed by atoms with Gasteiger partial charge in [-0.25, -0.2) is 0 Å². The second-order valence-corrected chi connectivity index (χ2v) is 7.35. The third-order valence-corrected chi connectivity index (χ3v) is 5.38. The highest BCUT2D eigenvalue weighted by atomic mass is 32.2. The molecule has 1 unspecified atom stereocenters. The highest BCUT2D eigenvalue weighted by Gasteiger charge is 2.20. The maximum Gasteiger partial charge on any atom is 0.192 e. The Morgan fingerprint density at radius 2 is 1.89 bits per heavy atom. The van der Waals surface area contributed by atoms with Gasteiger partial charge in [0.25, 0.3) is 0 Å². The summed E-state index contributed by atoms with van der Waals surface area (Å²) in [5.74, 6) is 1.51. The molecule has 0 amide bonds. The molecule has 27 heavy (non-hydrogen) atoms. The summed E-state index contributed by atoms with van der Waals surface area (Å²) < 4.78 is 7.49. The van der Waals surface area contributed by atoms with Crippen molar-refractivity contribution < 1.29 is 4.74 Å². The van der Waals surface area contributed by atoms with Crippen molar-refractivity contribution in [2.24, 2.45) is 0 Å². The number of aryl methyl sites for hydroxylation is 1. The van der Waals surface area contributed by atoms with Gasteiger partial charge < -0.3 is 9.30 Å². The molecule has 1 heterocycles. The Balaban J connectivity index is 1.85. The smallest absolute Gasteiger partial charge is 0.192 e. The molecule has 1 aromatic heterocycles. The molecule has 0 bridgehead atoms. The van der Waals surface area contributed by atoms with Crippen LogP contribution in [0, 0.1) is 18.3 Å². The third kappa shape index (κ3) is 4.32. The Kier molecular flexibility index (Phi) is 6.15. The van der Waals surface area contributed by atoms with Crippen molar-refractivity contribution in [3.63, 3.8) is 0 Å². The Labute approximate surface area is 164 Å². The number of rotatable bonds is 7. The van der Waals surface area contributed by atoms with Gasteiger partial charge in [0.2, 0.25) is 0 Å². The summed E-state index contributed by atoms with van der Waals surface area (Å²) in [4.78, 5) is 0. The molecular weight excluding hydrogens is 356 g/mol. The van der Waals surface area contributed by atoms with Gasteiger partial charge in [0.15, 0.2) is 11.0 Å². The van der Waals surface area contributed by atoms with E-state index in [2.05, 4.69) is 47.5 Å². The molecule has 0 radical (unpaired) electrons.